The summed E-state index contributed by atoms with van der Waals surface area (Å²) < 4.78 is 0. The summed E-state index contributed by atoms with van der Waals surface area (Å²) in [7, 11) is 0. The van der Waals surface area contributed by atoms with Crippen LogP contribution in [0.15, 0.2) is 36.4 Å². The molecule has 0 saturated carbocycles. The molecule has 3 aromatic rings. The number of phenols is 1. The molecule has 138 valence electrons. The molecule has 0 aliphatic rings. The van der Waals surface area contributed by atoms with Crippen LogP contribution < -0.4 is 0 Å². The minimum Gasteiger partial charge on any atom is -0.507 e. The number of rotatable bonds is 7. The van der Waals surface area contributed by atoms with Crippen LogP contribution in [0.25, 0.3) is 16.7 Å². The second kappa shape index (κ2) is 7.90. The number of hydrogen-bond acceptors (Lipinski definition) is 3. The Hall–Kier alpha value is -2.36. The molecule has 0 fully saturated rings. The lowest BCUT2D eigenvalue weighted by Gasteiger charge is -2.14. The van der Waals surface area contributed by atoms with Crippen molar-refractivity contribution in [3.63, 3.8) is 0 Å². The fourth-order valence-electron chi connectivity index (χ4n) is 3.10. The zero-order chi connectivity index (χ0) is 18.7. The summed E-state index contributed by atoms with van der Waals surface area (Å²) in [5, 5.41) is 20.0. The van der Waals surface area contributed by atoms with Crippen LogP contribution in [0.5, 0.6) is 5.75 Å². The van der Waals surface area contributed by atoms with Crippen LogP contribution in [0.1, 0.15) is 51.7 Å². The molecule has 0 saturated heterocycles. The first kappa shape index (κ1) is 18.4. The van der Waals surface area contributed by atoms with Gasteiger partial charge in [0.15, 0.2) is 0 Å². The number of benzene rings is 2. The molecule has 0 aliphatic carbocycles. The van der Waals surface area contributed by atoms with Crippen LogP contribution >= 0.6 is 0 Å². The van der Waals surface area contributed by atoms with Crippen molar-refractivity contribution in [2.75, 3.05) is 0 Å². The Kier molecular flexibility index (Phi) is 5.60. The maximum atomic E-state index is 10.8. The van der Waals surface area contributed by atoms with Crippen LogP contribution in [0.4, 0.5) is 0 Å². The van der Waals surface area contributed by atoms with Crippen molar-refractivity contribution in [2.24, 2.45) is 11.8 Å². The molecule has 0 spiro atoms. The van der Waals surface area contributed by atoms with E-state index in [9.17, 15) is 5.11 Å². The summed E-state index contributed by atoms with van der Waals surface area (Å²) in [6.07, 6.45) is 3.84. The molecule has 1 N–H and O–H groups in total. The van der Waals surface area contributed by atoms with Gasteiger partial charge in [0.1, 0.15) is 16.8 Å². The molecular weight excluding hydrogens is 322 g/mol. The molecule has 0 radical (unpaired) electrons. The Balaban J connectivity index is 2.01. The molecule has 3 rings (SSSR count). The van der Waals surface area contributed by atoms with Crippen molar-refractivity contribution in [1.82, 2.24) is 15.0 Å². The lowest BCUT2D eigenvalue weighted by Crippen LogP contribution is -2.04. The van der Waals surface area contributed by atoms with Gasteiger partial charge in [-0.25, -0.2) is 0 Å². The van der Waals surface area contributed by atoms with E-state index in [1.54, 1.807) is 4.80 Å². The standard InChI is InChI=1S/C22H29N3O/c1-15(2)9-11-17-13-19(14-18(22(17)26)12-10-16(3)4)25-23-20-7-5-6-8-21(20)24-25/h5-8,13-16,26H,9-12H2,1-4H3. The van der Waals surface area contributed by atoms with E-state index < -0.39 is 0 Å². The van der Waals surface area contributed by atoms with E-state index in [1.807, 2.05) is 36.4 Å². The number of hydrogen-bond donors (Lipinski definition) is 1. The van der Waals surface area contributed by atoms with Gasteiger partial charge >= 0.3 is 0 Å². The third-order valence-corrected chi connectivity index (χ3v) is 4.75. The van der Waals surface area contributed by atoms with E-state index in [-0.39, 0.29) is 0 Å². The number of fused-ring (bicyclic) bond motifs is 1. The van der Waals surface area contributed by atoms with Gasteiger partial charge in [0, 0.05) is 0 Å². The molecular formula is C22H29N3O. The molecule has 2 aromatic carbocycles. The van der Waals surface area contributed by atoms with Gasteiger partial charge in [0.25, 0.3) is 0 Å². The quantitative estimate of drug-likeness (QED) is 0.628. The van der Waals surface area contributed by atoms with Gasteiger partial charge in [-0.15, -0.1) is 10.2 Å². The fourth-order valence-corrected chi connectivity index (χ4v) is 3.10. The van der Waals surface area contributed by atoms with Gasteiger partial charge in [-0.05, 0) is 72.9 Å². The van der Waals surface area contributed by atoms with Crippen molar-refractivity contribution < 1.29 is 5.11 Å². The summed E-state index contributed by atoms with van der Waals surface area (Å²) in [6, 6.07) is 12.0. The SMILES string of the molecule is CC(C)CCc1cc(-n2nc3ccccc3n2)cc(CCC(C)C)c1O. The zero-order valence-electron chi connectivity index (χ0n) is 16.2. The molecule has 4 nitrogen and oxygen atoms in total. The van der Waals surface area contributed by atoms with E-state index in [1.165, 1.54) is 0 Å². The highest BCUT2D eigenvalue weighted by molar-refractivity contribution is 5.73. The molecule has 26 heavy (non-hydrogen) atoms. The molecule has 0 amide bonds. The zero-order valence-corrected chi connectivity index (χ0v) is 16.2. The van der Waals surface area contributed by atoms with Crippen LogP contribution in [0, 0.1) is 11.8 Å². The molecule has 1 heterocycles. The van der Waals surface area contributed by atoms with Crippen LogP contribution in [-0.4, -0.2) is 20.1 Å². The lowest BCUT2D eigenvalue weighted by molar-refractivity contribution is 0.452. The van der Waals surface area contributed by atoms with Gasteiger partial charge in [-0.1, -0.05) is 39.8 Å². The summed E-state index contributed by atoms with van der Waals surface area (Å²) >= 11 is 0. The summed E-state index contributed by atoms with van der Waals surface area (Å²) in [6.45, 7) is 8.84. The maximum absolute atomic E-state index is 10.8. The number of aromatic nitrogens is 3. The van der Waals surface area contributed by atoms with E-state index in [0.717, 1.165) is 53.5 Å². The second-order valence-corrected chi connectivity index (χ2v) is 7.96. The summed E-state index contributed by atoms with van der Waals surface area (Å²) in [5.74, 6) is 1.65. The van der Waals surface area contributed by atoms with E-state index in [4.69, 9.17) is 0 Å². The Morgan fingerprint density at radius 1 is 0.846 bits per heavy atom. The largest absolute Gasteiger partial charge is 0.507 e. The fraction of sp³-hybridized carbons (Fsp3) is 0.455. The Morgan fingerprint density at radius 3 is 1.73 bits per heavy atom. The highest BCUT2D eigenvalue weighted by Crippen LogP contribution is 2.30. The van der Waals surface area contributed by atoms with Gasteiger partial charge in [-0.2, -0.15) is 4.80 Å². The number of aromatic hydroxyl groups is 1. The van der Waals surface area contributed by atoms with E-state index >= 15 is 0 Å². The highest BCUT2D eigenvalue weighted by atomic mass is 16.3. The third-order valence-electron chi connectivity index (χ3n) is 4.75. The highest BCUT2D eigenvalue weighted by Gasteiger charge is 2.14. The summed E-state index contributed by atoms with van der Waals surface area (Å²) in [4.78, 5) is 1.70. The van der Waals surface area contributed by atoms with Crippen LogP contribution in [-0.2, 0) is 12.8 Å². The van der Waals surface area contributed by atoms with Gasteiger partial charge in [0.2, 0.25) is 0 Å². The van der Waals surface area contributed by atoms with Crippen molar-refractivity contribution >= 4 is 11.0 Å². The normalized spacial score (nSPS) is 11.8. The number of aryl methyl sites for hydroxylation is 2. The Morgan fingerprint density at radius 2 is 1.31 bits per heavy atom. The Bertz CT molecular complexity index is 814. The predicted octanol–water partition coefficient (Wildman–Crippen LogP) is 5.30. The minimum absolute atomic E-state index is 0.451. The average molecular weight is 351 g/mol. The molecule has 0 atom stereocenters. The van der Waals surface area contributed by atoms with Crippen molar-refractivity contribution in [3.05, 3.63) is 47.5 Å². The van der Waals surface area contributed by atoms with E-state index in [2.05, 4.69) is 37.9 Å². The van der Waals surface area contributed by atoms with Gasteiger partial charge in [-0.3, -0.25) is 0 Å². The lowest BCUT2D eigenvalue weighted by atomic mass is 9.95. The average Bonchev–Trinajstić information content (AvgIpc) is 3.03. The molecule has 0 bridgehead atoms. The van der Waals surface area contributed by atoms with Crippen molar-refractivity contribution in [2.45, 2.75) is 53.4 Å². The topological polar surface area (TPSA) is 50.9 Å². The molecule has 1 aromatic heterocycles. The maximum Gasteiger partial charge on any atom is 0.122 e. The van der Waals surface area contributed by atoms with Crippen molar-refractivity contribution in [1.29, 1.82) is 0 Å². The monoisotopic (exact) mass is 351 g/mol. The summed E-state index contributed by atoms with van der Waals surface area (Å²) in [5.41, 5.74) is 4.69. The second-order valence-electron chi connectivity index (χ2n) is 7.96. The predicted molar refractivity (Wildman–Crippen MR) is 107 cm³/mol. The number of nitrogens with zero attached hydrogens (tertiary/aromatic N) is 3. The first-order valence-electron chi connectivity index (χ1n) is 9.61. The van der Waals surface area contributed by atoms with Crippen LogP contribution in [0.2, 0.25) is 0 Å². The van der Waals surface area contributed by atoms with Gasteiger partial charge < -0.3 is 5.11 Å². The first-order valence-corrected chi connectivity index (χ1v) is 9.61. The molecule has 4 heteroatoms. The first-order chi connectivity index (χ1) is 12.4. The van der Waals surface area contributed by atoms with Gasteiger partial charge in [0.05, 0.1) is 5.69 Å². The van der Waals surface area contributed by atoms with Crippen LogP contribution in [0.3, 0.4) is 0 Å². The smallest absolute Gasteiger partial charge is 0.122 e. The molecule has 0 unspecified atom stereocenters. The minimum atomic E-state index is 0.451. The Labute approximate surface area is 155 Å². The van der Waals surface area contributed by atoms with E-state index in [0.29, 0.717) is 17.6 Å². The third kappa shape index (κ3) is 4.24. The molecule has 0 aliphatic heterocycles. The van der Waals surface area contributed by atoms with Crippen molar-refractivity contribution in [3.8, 4) is 11.4 Å². The number of phenolic OH excluding ortho intramolecular Hbond substituents is 1.